The quantitative estimate of drug-likeness (QED) is 0.156. The highest BCUT2D eigenvalue weighted by atomic mass is 16.5. The fourth-order valence-electron chi connectivity index (χ4n) is 3.24. The van der Waals surface area contributed by atoms with E-state index in [-0.39, 0.29) is 24.8 Å². The molecule has 0 aliphatic carbocycles. The smallest absolute Gasteiger partial charge is 0.288 e. The van der Waals surface area contributed by atoms with Crippen LogP contribution < -0.4 is 25.6 Å². The van der Waals surface area contributed by atoms with Crippen LogP contribution >= 0.6 is 0 Å². The molecular formula is C23H31N3O7. The second kappa shape index (κ2) is 13.1. The lowest BCUT2D eigenvalue weighted by Crippen LogP contribution is -2.41. The number of hydrogen-bond acceptors (Lipinski definition) is 7. The Bertz CT molecular complexity index is 920. The van der Waals surface area contributed by atoms with Crippen molar-refractivity contribution in [2.24, 2.45) is 5.92 Å². The van der Waals surface area contributed by atoms with E-state index in [1.807, 2.05) is 6.92 Å². The number of nitrogens with one attached hydrogen (secondary N) is 3. The number of hydroxylamine groups is 1. The van der Waals surface area contributed by atoms with E-state index in [9.17, 15) is 14.4 Å². The third kappa shape index (κ3) is 7.83. The molecule has 3 amide bonds. The number of hydrogen-bond donors (Lipinski definition) is 4. The maximum absolute atomic E-state index is 12.4. The van der Waals surface area contributed by atoms with Crippen LogP contribution in [0.1, 0.15) is 49.6 Å². The van der Waals surface area contributed by atoms with Crippen LogP contribution in [0.15, 0.2) is 34.7 Å². The number of rotatable bonds is 13. The molecule has 0 aliphatic rings. The molecule has 0 spiro atoms. The van der Waals surface area contributed by atoms with Crippen molar-refractivity contribution in [1.29, 1.82) is 0 Å². The van der Waals surface area contributed by atoms with Crippen LogP contribution in [0.5, 0.6) is 11.5 Å². The SMILES string of the molecule is CCCCC[C@H](CC(=O)NO)C(=O)NCNC(=O)c1ccc(-c2cc(OC)cc(OC)c2)o1. The van der Waals surface area contributed by atoms with Gasteiger partial charge in [0.05, 0.1) is 20.9 Å². The molecule has 1 aromatic heterocycles. The molecular weight excluding hydrogens is 430 g/mol. The van der Waals surface area contributed by atoms with Crippen molar-refractivity contribution in [2.45, 2.75) is 39.0 Å². The van der Waals surface area contributed by atoms with Gasteiger partial charge in [0.2, 0.25) is 11.8 Å². The lowest BCUT2D eigenvalue weighted by atomic mass is 9.96. The van der Waals surface area contributed by atoms with E-state index < -0.39 is 17.7 Å². The molecule has 1 heterocycles. The number of methoxy groups -OCH3 is 2. The first-order valence-electron chi connectivity index (χ1n) is 10.7. The van der Waals surface area contributed by atoms with Gasteiger partial charge in [-0.3, -0.25) is 19.6 Å². The van der Waals surface area contributed by atoms with E-state index in [1.165, 1.54) is 6.07 Å². The van der Waals surface area contributed by atoms with E-state index in [0.717, 1.165) is 19.3 Å². The van der Waals surface area contributed by atoms with Crippen molar-refractivity contribution in [3.63, 3.8) is 0 Å². The Morgan fingerprint density at radius 2 is 1.73 bits per heavy atom. The Morgan fingerprint density at radius 1 is 1.03 bits per heavy atom. The molecule has 0 radical (unpaired) electrons. The summed E-state index contributed by atoms with van der Waals surface area (Å²) in [5, 5.41) is 13.9. The number of unbranched alkanes of at least 4 members (excludes halogenated alkanes) is 2. The van der Waals surface area contributed by atoms with Gasteiger partial charge in [0.1, 0.15) is 17.3 Å². The predicted molar refractivity (Wildman–Crippen MR) is 120 cm³/mol. The van der Waals surface area contributed by atoms with Gasteiger partial charge in [0.15, 0.2) is 5.76 Å². The minimum Gasteiger partial charge on any atom is -0.497 e. The highest BCUT2D eigenvalue weighted by Crippen LogP contribution is 2.30. The number of amides is 3. The molecule has 10 nitrogen and oxygen atoms in total. The van der Waals surface area contributed by atoms with Gasteiger partial charge < -0.3 is 24.5 Å². The summed E-state index contributed by atoms with van der Waals surface area (Å²) in [6.45, 7) is 1.90. The molecule has 0 saturated carbocycles. The first kappa shape index (κ1) is 25.7. The summed E-state index contributed by atoms with van der Waals surface area (Å²) >= 11 is 0. The summed E-state index contributed by atoms with van der Waals surface area (Å²) in [6, 6.07) is 8.41. The fraction of sp³-hybridized carbons (Fsp3) is 0.435. The molecule has 0 unspecified atom stereocenters. The molecule has 0 aliphatic heterocycles. The van der Waals surface area contributed by atoms with Crippen LogP contribution in [-0.2, 0) is 9.59 Å². The number of carbonyl (C=O) groups excluding carboxylic acids is 3. The third-order valence-electron chi connectivity index (χ3n) is 5.06. The zero-order valence-corrected chi connectivity index (χ0v) is 19.1. The van der Waals surface area contributed by atoms with E-state index in [0.29, 0.717) is 29.2 Å². The molecule has 4 N–H and O–H groups in total. The van der Waals surface area contributed by atoms with Crippen LogP contribution in [0.3, 0.4) is 0 Å². The topological polar surface area (TPSA) is 139 Å². The van der Waals surface area contributed by atoms with Crippen molar-refractivity contribution in [3.05, 3.63) is 36.1 Å². The highest BCUT2D eigenvalue weighted by Gasteiger charge is 2.21. The van der Waals surface area contributed by atoms with Gasteiger partial charge >= 0.3 is 0 Å². The zero-order valence-electron chi connectivity index (χ0n) is 19.1. The van der Waals surface area contributed by atoms with Crippen LogP contribution in [0, 0.1) is 5.92 Å². The molecule has 0 saturated heterocycles. The Balaban J connectivity index is 1.94. The monoisotopic (exact) mass is 461 g/mol. The van der Waals surface area contributed by atoms with Gasteiger partial charge in [0.25, 0.3) is 5.91 Å². The number of benzene rings is 1. The summed E-state index contributed by atoms with van der Waals surface area (Å²) in [6.07, 6.45) is 3.06. The maximum atomic E-state index is 12.4. The second-order valence-corrected chi connectivity index (χ2v) is 7.42. The number of furan rings is 1. The van der Waals surface area contributed by atoms with Crippen LogP contribution in [0.4, 0.5) is 0 Å². The third-order valence-corrected chi connectivity index (χ3v) is 5.06. The van der Waals surface area contributed by atoms with Gasteiger partial charge in [-0.25, -0.2) is 5.48 Å². The number of carbonyl (C=O) groups is 3. The van der Waals surface area contributed by atoms with E-state index in [4.69, 9.17) is 19.1 Å². The average Bonchev–Trinajstić information content (AvgIpc) is 3.33. The van der Waals surface area contributed by atoms with Gasteiger partial charge in [-0.2, -0.15) is 0 Å². The fourth-order valence-corrected chi connectivity index (χ4v) is 3.24. The van der Waals surface area contributed by atoms with Crippen LogP contribution in [0.2, 0.25) is 0 Å². The highest BCUT2D eigenvalue weighted by molar-refractivity contribution is 5.92. The van der Waals surface area contributed by atoms with Crippen LogP contribution in [0.25, 0.3) is 11.3 Å². The molecule has 33 heavy (non-hydrogen) atoms. The normalized spacial score (nSPS) is 11.4. The van der Waals surface area contributed by atoms with Gasteiger partial charge in [-0.05, 0) is 30.7 Å². The number of ether oxygens (including phenoxy) is 2. The zero-order chi connectivity index (χ0) is 24.2. The minimum atomic E-state index is -0.632. The van der Waals surface area contributed by atoms with Gasteiger partial charge in [-0.1, -0.05) is 26.2 Å². The van der Waals surface area contributed by atoms with Crippen molar-refractivity contribution in [1.82, 2.24) is 16.1 Å². The molecule has 1 atom stereocenters. The lowest BCUT2D eigenvalue weighted by molar-refractivity contribution is -0.135. The average molecular weight is 462 g/mol. The van der Waals surface area contributed by atoms with E-state index in [1.54, 1.807) is 44.0 Å². The Labute approximate surface area is 192 Å². The Morgan fingerprint density at radius 3 is 2.33 bits per heavy atom. The summed E-state index contributed by atoms with van der Waals surface area (Å²) in [5.41, 5.74) is 2.23. The lowest BCUT2D eigenvalue weighted by Gasteiger charge is -2.16. The predicted octanol–water partition coefficient (Wildman–Crippen LogP) is 2.86. The standard InChI is InChI=1S/C23H31N3O7/c1-4-5-6-7-15(12-21(27)26-30)22(28)24-14-25-23(29)20-9-8-19(33-20)16-10-17(31-2)13-18(11-16)32-3/h8-11,13,15,30H,4-7,12,14H2,1-3H3,(H,24,28)(H,25,29)(H,26,27)/t15-/m1/s1. The van der Waals surface area contributed by atoms with Crippen molar-refractivity contribution >= 4 is 17.7 Å². The first-order valence-corrected chi connectivity index (χ1v) is 10.7. The maximum Gasteiger partial charge on any atom is 0.288 e. The Hall–Kier alpha value is -3.53. The molecule has 2 rings (SSSR count). The van der Waals surface area contributed by atoms with Gasteiger partial charge in [0, 0.05) is 24.0 Å². The molecule has 2 aromatic rings. The first-order chi connectivity index (χ1) is 15.9. The summed E-state index contributed by atoms with van der Waals surface area (Å²) in [4.78, 5) is 36.4. The Kier molecular flexibility index (Phi) is 10.2. The van der Waals surface area contributed by atoms with Crippen molar-refractivity contribution in [3.8, 4) is 22.8 Å². The largest absolute Gasteiger partial charge is 0.497 e. The molecule has 0 fully saturated rings. The van der Waals surface area contributed by atoms with E-state index in [2.05, 4.69) is 10.6 Å². The second-order valence-electron chi connectivity index (χ2n) is 7.42. The molecule has 0 bridgehead atoms. The molecule has 180 valence electrons. The molecule has 10 heteroatoms. The van der Waals surface area contributed by atoms with E-state index >= 15 is 0 Å². The van der Waals surface area contributed by atoms with Crippen molar-refractivity contribution < 1.29 is 33.5 Å². The minimum absolute atomic E-state index is 0.0696. The summed E-state index contributed by atoms with van der Waals surface area (Å²) in [5.74, 6) is -0.430. The van der Waals surface area contributed by atoms with Gasteiger partial charge in [-0.15, -0.1) is 0 Å². The summed E-state index contributed by atoms with van der Waals surface area (Å²) < 4.78 is 16.2. The summed E-state index contributed by atoms with van der Waals surface area (Å²) in [7, 11) is 3.08. The van der Waals surface area contributed by atoms with Crippen LogP contribution in [-0.4, -0.2) is 43.8 Å². The molecule has 1 aromatic carbocycles. The van der Waals surface area contributed by atoms with Crippen molar-refractivity contribution in [2.75, 3.05) is 20.9 Å².